The van der Waals surface area contributed by atoms with Gasteiger partial charge in [0, 0.05) is 31.1 Å². The first-order valence-electron chi connectivity index (χ1n) is 8.88. The average Bonchev–Trinajstić information content (AvgIpc) is 3.12. The van der Waals surface area contributed by atoms with Crippen LogP contribution in [0.4, 0.5) is 5.69 Å². The molecule has 0 radical (unpaired) electrons. The van der Waals surface area contributed by atoms with Gasteiger partial charge in [-0.25, -0.2) is 10.4 Å². The molecule has 9 nitrogen and oxygen atoms in total. The van der Waals surface area contributed by atoms with Gasteiger partial charge in [0.1, 0.15) is 5.75 Å². The van der Waals surface area contributed by atoms with Crippen molar-refractivity contribution in [2.45, 2.75) is 17.0 Å². The third kappa shape index (κ3) is 5.45. The van der Waals surface area contributed by atoms with E-state index >= 15 is 0 Å². The highest BCUT2D eigenvalue weighted by molar-refractivity contribution is 7.99. The first-order valence-corrected chi connectivity index (χ1v) is 9.69. The Kier molecular flexibility index (Phi) is 6.81. The lowest BCUT2D eigenvalue weighted by molar-refractivity contribution is -0.387. The molecule has 0 aliphatic rings. The smallest absolute Gasteiger partial charge is 0.283 e. The van der Waals surface area contributed by atoms with E-state index in [2.05, 4.69) is 15.5 Å². The first-order chi connectivity index (χ1) is 14.4. The molecule has 1 N–H and O–H groups in total. The molecule has 0 bridgehead atoms. The van der Waals surface area contributed by atoms with Crippen LogP contribution in [0.2, 0.25) is 0 Å². The summed E-state index contributed by atoms with van der Waals surface area (Å²) in [7, 11) is 1.81. The summed E-state index contributed by atoms with van der Waals surface area (Å²) in [5, 5.41) is 15.9. The van der Waals surface area contributed by atoms with Gasteiger partial charge >= 0.3 is 0 Å². The van der Waals surface area contributed by atoms with Gasteiger partial charge in [0.25, 0.3) is 11.6 Å². The number of nitro groups is 1. The third-order valence-corrected chi connectivity index (χ3v) is 5.15. The predicted molar refractivity (Wildman–Crippen MR) is 113 cm³/mol. The van der Waals surface area contributed by atoms with Crippen LogP contribution in [0.5, 0.6) is 5.75 Å². The number of carbonyl (C=O) groups is 1. The minimum atomic E-state index is -0.461. The van der Waals surface area contributed by atoms with E-state index in [1.165, 1.54) is 24.0 Å². The largest absolute Gasteiger partial charge is 0.483 e. The molecular weight excluding hydrogens is 406 g/mol. The quantitative estimate of drug-likeness (QED) is 0.337. The Balaban J connectivity index is 1.61. The number of amides is 1. The molecule has 3 aromatic rings. The summed E-state index contributed by atoms with van der Waals surface area (Å²) in [4.78, 5) is 27.5. The van der Waals surface area contributed by atoms with Gasteiger partial charge in [0.2, 0.25) is 0 Å². The standard InChI is InChI=1S/C20H19N5O4S/c1-14-5-3-4-6-17(14)29-13-19(26)23-22-12-15-7-8-18(16(11-15)25(27)28)30-20-21-9-10-24(20)2/h3-12H,13H2,1-2H3,(H,23,26). The Morgan fingerprint density at radius 1 is 1.37 bits per heavy atom. The van der Waals surface area contributed by atoms with Crippen molar-refractivity contribution >= 4 is 29.6 Å². The fourth-order valence-corrected chi connectivity index (χ4v) is 3.35. The lowest BCUT2D eigenvalue weighted by Crippen LogP contribution is -2.24. The highest BCUT2D eigenvalue weighted by atomic mass is 32.2. The van der Waals surface area contributed by atoms with E-state index in [9.17, 15) is 14.9 Å². The summed E-state index contributed by atoms with van der Waals surface area (Å²) in [6, 6.07) is 12.1. The maximum atomic E-state index is 11.9. The van der Waals surface area contributed by atoms with Gasteiger partial charge in [-0.05, 0) is 36.4 Å². The zero-order valence-corrected chi connectivity index (χ0v) is 17.1. The van der Waals surface area contributed by atoms with Gasteiger partial charge in [-0.15, -0.1) is 0 Å². The molecule has 0 spiro atoms. The molecule has 154 valence electrons. The SMILES string of the molecule is Cc1ccccc1OCC(=O)NN=Cc1ccc(Sc2nccn2C)c([N+](=O)[O-])c1. The number of nitrogens with one attached hydrogen (secondary N) is 1. The van der Waals surface area contributed by atoms with Gasteiger partial charge in [-0.1, -0.05) is 24.3 Å². The summed E-state index contributed by atoms with van der Waals surface area (Å²) in [5.41, 5.74) is 3.68. The Labute approximate surface area is 176 Å². The second-order valence-corrected chi connectivity index (χ2v) is 7.26. The zero-order chi connectivity index (χ0) is 21.5. The van der Waals surface area contributed by atoms with Crippen molar-refractivity contribution in [3.8, 4) is 5.75 Å². The van der Waals surface area contributed by atoms with Crippen LogP contribution in [0.15, 0.2) is 70.0 Å². The lowest BCUT2D eigenvalue weighted by atomic mass is 10.2. The fraction of sp³-hybridized carbons (Fsp3) is 0.150. The molecule has 0 fully saturated rings. The Hall–Kier alpha value is -3.66. The van der Waals surface area contributed by atoms with Crippen LogP contribution in [0.1, 0.15) is 11.1 Å². The number of hydrogen-bond acceptors (Lipinski definition) is 7. The Bertz CT molecular complexity index is 1100. The van der Waals surface area contributed by atoms with Gasteiger partial charge in [0.15, 0.2) is 11.8 Å². The highest BCUT2D eigenvalue weighted by Gasteiger charge is 2.17. The monoisotopic (exact) mass is 425 g/mol. The molecule has 0 saturated carbocycles. The van der Waals surface area contributed by atoms with Crippen molar-refractivity contribution in [2.75, 3.05) is 6.61 Å². The molecule has 0 atom stereocenters. The molecule has 2 aromatic carbocycles. The van der Waals surface area contributed by atoms with Crippen LogP contribution in [0.25, 0.3) is 0 Å². The van der Waals surface area contributed by atoms with E-state index < -0.39 is 10.8 Å². The lowest BCUT2D eigenvalue weighted by Gasteiger charge is -2.07. The number of rotatable bonds is 8. The average molecular weight is 425 g/mol. The topological polar surface area (TPSA) is 112 Å². The van der Waals surface area contributed by atoms with Crippen LogP contribution in [-0.4, -0.2) is 33.2 Å². The number of ether oxygens (including phenoxy) is 1. The molecule has 0 unspecified atom stereocenters. The highest BCUT2D eigenvalue weighted by Crippen LogP contribution is 2.34. The zero-order valence-electron chi connectivity index (χ0n) is 16.3. The molecule has 1 amide bonds. The van der Waals surface area contributed by atoms with Crippen LogP contribution < -0.4 is 10.2 Å². The number of imidazole rings is 1. The molecule has 3 rings (SSSR count). The number of aromatic nitrogens is 2. The third-order valence-electron chi connectivity index (χ3n) is 4.01. The number of nitro benzene ring substituents is 1. The van der Waals surface area contributed by atoms with Gasteiger partial charge in [-0.2, -0.15) is 5.10 Å². The van der Waals surface area contributed by atoms with Crippen molar-refractivity contribution < 1.29 is 14.5 Å². The molecule has 0 aliphatic heterocycles. The number of hydrazone groups is 1. The van der Waals surface area contributed by atoms with Crippen LogP contribution in [0.3, 0.4) is 0 Å². The molecule has 30 heavy (non-hydrogen) atoms. The summed E-state index contributed by atoms with van der Waals surface area (Å²) < 4.78 is 7.22. The van der Waals surface area contributed by atoms with Crippen LogP contribution in [0, 0.1) is 17.0 Å². The van der Waals surface area contributed by atoms with E-state index in [1.807, 2.05) is 32.2 Å². The Morgan fingerprint density at radius 3 is 2.87 bits per heavy atom. The number of benzene rings is 2. The number of para-hydroxylation sites is 1. The van der Waals surface area contributed by atoms with Gasteiger partial charge < -0.3 is 9.30 Å². The number of aryl methyl sites for hydroxylation is 2. The second kappa shape index (κ2) is 9.70. The maximum absolute atomic E-state index is 11.9. The number of hydrogen-bond donors (Lipinski definition) is 1. The van der Waals surface area contributed by atoms with E-state index in [4.69, 9.17) is 4.74 Å². The molecule has 1 aromatic heterocycles. The summed E-state index contributed by atoms with van der Waals surface area (Å²) >= 11 is 1.20. The predicted octanol–water partition coefficient (Wildman–Crippen LogP) is 3.32. The van der Waals surface area contributed by atoms with Crippen LogP contribution >= 0.6 is 11.8 Å². The number of nitrogens with zero attached hydrogens (tertiary/aromatic N) is 4. The number of carbonyl (C=O) groups excluding carboxylic acids is 1. The van der Waals surface area contributed by atoms with Crippen molar-refractivity contribution in [1.29, 1.82) is 0 Å². The molecule has 10 heteroatoms. The molecular formula is C20H19N5O4S. The molecule has 0 aliphatic carbocycles. The Morgan fingerprint density at radius 2 is 2.17 bits per heavy atom. The summed E-state index contributed by atoms with van der Waals surface area (Å²) in [6.45, 7) is 1.69. The van der Waals surface area contributed by atoms with Crippen molar-refractivity contribution in [3.05, 3.63) is 76.1 Å². The molecule has 1 heterocycles. The first kappa shape index (κ1) is 21.1. The summed E-state index contributed by atoms with van der Waals surface area (Å²) in [5.74, 6) is 0.180. The fourth-order valence-electron chi connectivity index (χ4n) is 2.47. The second-order valence-electron chi connectivity index (χ2n) is 6.25. The van der Waals surface area contributed by atoms with Crippen molar-refractivity contribution in [1.82, 2.24) is 15.0 Å². The van der Waals surface area contributed by atoms with Gasteiger partial charge in [-0.3, -0.25) is 14.9 Å². The normalized spacial score (nSPS) is 10.9. The van der Waals surface area contributed by atoms with E-state index in [-0.39, 0.29) is 12.3 Å². The van der Waals surface area contributed by atoms with Crippen molar-refractivity contribution in [2.24, 2.45) is 12.1 Å². The minimum Gasteiger partial charge on any atom is -0.483 e. The molecule has 0 saturated heterocycles. The van der Waals surface area contributed by atoms with Crippen molar-refractivity contribution in [3.63, 3.8) is 0 Å². The van der Waals surface area contributed by atoms with E-state index in [0.29, 0.717) is 21.4 Å². The summed E-state index contributed by atoms with van der Waals surface area (Å²) in [6.07, 6.45) is 4.73. The minimum absolute atomic E-state index is 0.0684. The maximum Gasteiger partial charge on any atom is 0.283 e. The van der Waals surface area contributed by atoms with Crippen LogP contribution in [-0.2, 0) is 11.8 Å². The van der Waals surface area contributed by atoms with E-state index in [1.54, 1.807) is 35.2 Å². The van der Waals surface area contributed by atoms with Gasteiger partial charge in [0.05, 0.1) is 16.0 Å². The van der Waals surface area contributed by atoms with E-state index in [0.717, 1.165) is 5.56 Å².